The smallest absolute Gasteiger partial charge is 0.0674 e. The second kappa shape index (κ2) is 9.70. The topological polar surface area (TPSA) is 27.7 Å². The molecular formula is C15H33N3O. The van der Waals surface area contributed by atoms with Crippen LogP contribution in [0.1, 0.15) is 34.1 Å². The molecule has 2 atom stereocenters. The molecule has 1 rings (SSSR count). The van der Waals surface area contributed by atoms with E-state index in [2.05, 4.69) is 42.8 Å². The Balaban J connectivity index is 2.13. The van der Waals surface area contributed by atoms with Crippen molar-refractivity contribution in [1.29, 1.82) is 0 Å². The quantitative estimate of drug-likeness (QED) is 0.642. The minimum absolute atomic E-state index is 0.387. The Morgan fingerprint density at radius 2 is 1.95 bits per heavy atom. The maximum absolute atomic E-state index is 5.73. The molecule has 114 valence electrons. The summed E-state index contributed by atoms with van der Waals surface area (Å²) in [5.41, 5.74) is 0. The lowest BCUT2D eigenvalue weighted by molar-refractivity contribution is -0.0550. The zero-order valence-electron chi connectivity index (χ0n) is 13.3. The summed E-state index contributed by atoms with van der Waals surface area (Å²) in [6, 6.07) is 0.612. The molecule has 0 saturated carbocycles. The first-order valence-corrected chi connectivity index (χ1v) is 7.99. The van der Waals surface area contributed by atoms with E-state index in [0.717, 1.165) is 52.4 Å². The highest BCUT2D eigenvalue weighted by Crippen LogP contribution is 2.13. The van der Waals surface area contributed by atoms with E-state index in [0.29, 0.717) is 12.1 Å². The van der Waals surface area contributed by atoms with Crippen LogP contribution in [0.2, 0.25) is 0 Å². The van der Waals surface area contributed by atoms with Crippen molar-refractivity contribution in [3.63, 3.8) is 0 Å². The van der Waals surface area contributed by atoms with E-state index in [1.807, 2.05) is 0 Å². The summed E-state index contributed by atoms with van der Waals surface area (Å²) in [7, 11) is 0. The van der Waals surface area contributed by atoms with Gasteiger partial charge in [0.15, 0.2) is 0 Å². The number of morpholine rings is 1. The van der Waals surface area contributed by atoms with Crippen molar-refractivity contribution in [1.82, 2.24) is 15.1 Å². The third-order valence-corrected chi connectivity index (χ3v) is 4.13. The SMILES string of the molecule is CCC1COC(C)CN1CCNCCN(CC)CC. The van der Waals surface area contributed by atoms with E-state index in [1.54, 1.807) is 0 Å². The van der Waals surface area contributed by atoms with Gasteiger partial charge in [-0.2, -0.15) is 0 Å². The van der Waals surface area contributed by atoms with Crippen molar-refractivity contribution in [2.24, 2.45) is 0 Å². The number of rotatable bonds is 9. The van der Waals surface area contributed by atoms with Crippen LogP contribution >= 0.6 is 0 Å². The van der Waals surface area contributed by atoms with Gasteiger partial charge in [0.25, 0.3) is 0 Å². The zero-order valence-corrected chi connectivity index (χ0v) is 13.3. The highest BCUT2D eigenvalue weighted by atomic mass is 16.5. The molecule has 4 heteroatoms. The van der Waals surface area contributed by atoms with Gasteiger partial charge in [0.05, 0.1) is 12.7 Å². The van der Waals surface area contributed by atoms with Gasteiger partial charge in [0.2, 0.25) is 0 Å². The molecule has 1 heterocycles. The maximum Gasteiger partial charge on any atom is 0.0674 e. The first kappa shape index (κ1) is 16.9. The Morgan fingerprint density at radius 3 is 2.58 bits per heavy atom. The molecular weight excluding hydrogens is 238 g/mol. The van der Waals surface area contributed by atoms with Crippen LogP contribution in [-0.4, -0.2) is 74.4 Å². The summed E-state index contributed by atoms with van der Waals surface area (Å²) < 4.78 is 5.73. The number of nitrogens with zero attached hydrogens (tertiary/aromatic N) is 2. The highest BCUT2D eigenvalue weighted by molar-refractivity contribution is 4.78. The summed E-state index contributed by atoms with van der Waals surface area (Å²) in [5, 5.41) is 3.57. The minimum Gasteiger partial charge on any atom is -0.376 e. The van der Waals surface area contributed by atoms with Gasteiger partial charge in [-0.25, -0.2) is 0 Å². The summed E-state index contributed by atoms with van der Waals surface area (Å²) in [5.74, 6) is 0. The van der Waals surface area contributed by atoms with Gasteiger partial charge < -0.3 is 15.0 Å². The largest absolute Gasteiger partial charge is 0.376 e. The molecule has 0 amide bonds. The van der Waals surface area contributed by atoms with Crippen molar-refractivity contribution in [3.8, 4) is 0 Å². The molecule has 0 aromatic carbocycles. The van der Waals surface area contributed by atoms with E-state index in [9.17, 15) is 0 Å². The van der Waals surface area contributed by atoms with Crippen molar-refractivity contribution in [2.45, 2.75) is 46.3 Å². The maximum atomic E-state index is 5.73. The molecule has 0 radical (unpaired) electrons. The Labute approximate surface area is 119 Å². The van der Waals surface area contributed by atoms with Crippen LogP contribution < -0.4 is 5.32 Å². The van der Waals surface area contributed by atoms with Gasteiger partial charge in [0, 0.05) is 38.8 Å². The Morgan fingerprint density at radius 1 is 1.21 bits per heavy atom. The summed E-state index contributed by atoms with van der Waals surface area (Å²) >= 11 is 0. The van der Waals surface area contributed by atoms with Crippen LogP contribution in [0.5, 0.6) is 0 Å². The van der Waals surface area contributed by atoms with E-state index in [-0.39, 0.29) is 0 Å². The number of nitrogens with one attached hydrogen (secondary N) is 1. The number of hydrogen-bond acceptors (Lipinski definition) is 4. The van der Waals surface area contributed by atoms with Gasteiger partial charge in [-0.3, -0.25) is 4.90 Å². The number of ether oxygens (including phenoxy) is 1. The molecule has 1 fully saturated rings. The van der Waals surface area contributed by atoms with Gasteiger partial charge in [-0.1, -0.05) is 20.8 Å². The van der Waals surface area contributed by atoms with Gasteiger partial charge in [0.1, 0.15) is 0 Å². The standard InChI is InChI=1S/C15H33N3O/c1-5-15-13-19-14(4)12-18(15)11-9-16-8-10-17(6-2)7-3/h14-16H,5-13H2,1-4H3. The van der Waals surface area contributed by atoms with E-state index >= 15 is 0 Å². The fourth-order valence-corrected chi connectivity index (χ4v) is 2.69. The highest BCUT2D eigenvalue weighted by Gasteiger charge is 2.24. The first-order chi connectivity index (χ1) is 9.21. The second-order valence-corrected chi connectivity index (χ2v) is 5.48. The Kier molecular flexibility index (Phi) is 8.62. The number of hydrogen-bond donors (Lipinski definition) is 1. The molecule has 2 unspecified atom stereocenters. The lowest BCUT2D eigenvalue weighted by Gasteiger charge is -2.38. The van der Waals surface area contributed by atoms with E-state index < -0.39 is 0 Å². The molecule has 1 N–H and O–H groups in total. The van der Waals surface area contributed by atoms with Crippen molar-refractivity contribution >= 4 is 0 Å². The fourth-order valence-electron chi connectivity index (χ4n) is 2.69. The van der Waals surface area contributed by atoms with E-state index in [4.69, 9.17) is 4.74 Å². The summed E-state index contributed by atoms with van der Waals surface area (Å²) in [6.07, 6.45) is 1.57. The molecule has 0 aliphatic carbocycles. The normalized spacial score (nSPS) is 25.1. The summed E-state index contributed by atoms with van der Waals surface area (Å²) in [6.45, 7) is 17.6. The van der Waals surface area contributed by atoms with Crippen LogP contribution in [0.4, 0.5) is 0 Å². The molecule has 1 aliphatic rings. The lowest BCUT2D eigenvalue weighted by atomic mass is 10.1. The molecule has 1 saturated heterocycles. The third kappa shape index (κ3) is 6.21. The second-order valence-electron chi connectivity index (χ2n) is 5.48. The fraction of sp³-hybridized carbons (Fsp3) is 1.00. The lowest BCUT2D eigenvalue weighted by Crippen LogP contribution is -2.50. The molecule has 0 aromatic rings. The predicted molar refractivity (Wildman–Crippen MR) is 81.7 cm³/mol. The van der Waals surface area contributed by atoms with Gasteiger partial charge in [-0.05, 0) is 26.4 Å². The number of likely N-dealkylation sites (N-methyl/N-ethyl adjacent to an activating group) is 1. The minimum atomic E-state index is 0.387. The summed E-state index contributed by atoms with van der Waals surface area (Å²) in [4.78, 5) is 5.04. The van der Waals surface area contributed by atoms with Crippen LogP contribution in [0.15, 0.2) is 0 Å². The predicted octanol–water partition coefficient (Wildman–Crippen LogP) is 1.42. The van der Waals surface area contributed by atoms with Crippen LogP contribution in [0.3, 0.4) is 0 Å². The monoisotopic (exact) mass is 271 g/mol. The van der Waals surface area contributed by atoms with E-state index in [1.165, 1.54) is 6.42 Å². The molecule has 4 nitrogen and oxygen atoms in total. The van der Waals surface area contributed by atoms with Crippen LogP contribution in [-0.2, 0) is 4.74 Å². The molecule has 0 spiro atoms. The van der Waals surface area contributed by atoms with Crippen molar-refractivity contribution in [3.05, 3.63) is 0 Å². The molecule has 1 aliphatic heterocycles. The average Bonchev–Trinajstić information content (AvgIpc) is 2.43. The molecule has 0 aromatic heterocycles. The first-order valence-electron chi connectivity index (χ1n) is 7.99. The average molecular weight is 271 g/mol. The molecule has 19 heavy (non-hydrogen) atoms. The third-order valence-electron chi connectivity index (χ3n) is 4.13. The zero-order chi connectivity index (χ0) is 14.1. The van der Waals surface area contributed by atoms with Crippen LogP contribution in [0.25, 0.3) is 0 Å². The van der Waals surface area contributed by atoms with Gasteiger partial charge >= 0.3 is 0 Å². The van der Waals surface area contributed by atoms with Crippen molar-refractivity contribution in [2.75, 3.05) is 52.4 Å². The Hall–Kier alpha value is -0.160. The Bertz CT molecular complexity index is 221. The van der Waals surface area contributed by atoms with Gasteiger partial charge in [-0.15, -0.1) is 0 Å². The van der Waals surface area contributed by atoms with Crippen molar-refractivity contribution < 1.29 is 4.74 Å². The molecule has 0 bridgehead atoms. The van der Waals surface area contributed by atoms with Crippen LogP contribution in [0, 0.1) is 0 Å².